The Morgan fingerprint density at radius 3 is 2.47 bits per heavy atom. The maximum absolute atomic E-state index is 12.5. The van der Waals surface area contributed by atoms with E-state index in [9.17, 15) is 18.3 Å². The summed E-state index contributed by atoms with van der Waals surface area (Å²) in [6, 6.07) is 4.68. The Labute approximate surface area is 96.9 Å². The zero-order valence-corrected chi connectivity index (χ0v) is 9.06. The number of aliphatic hydroxyl groups is 2. The molecule has 1 rings (SSSR count). The number of hydrogen-bond donors (Lipinski definition) is 2. The molecule has 0 aliphatic rings. The van der Waals surface area contributed by atoms with Gasteiger partial charge in [0.2, 0.25) is 0 Å². The van der Waals surface area contributed by atoms with Crippen LogP contribution in [0.5, 0.6) is 0 Å². The Hall–Kier alpha value is -1.14. The molecule has 0 spiro atoms. The van der Waals surface area contributed by atoms with Crippen molar-refractivity contribution in [1.82, 2.24) is 4.98 Å². The molecule has 0 bridgehead atoms. The van der Waals surface area contributed by atoms with Crippen LogP contribution in [0, 0.1) is 5.92 Å². The van der Waals surface area contributed by atoms with E-state index in [4.69, 9.17) is 5.11 Å². The molecule has 0 radical (unpaired) electrons. The van der Waals surface area contributed by atoms with Crippen LogP contribution in [-0.4, -0.2) is 28.0 Å². The Bertz CT molecular complexity index is 329. The Balaban J connectivity index is 2.68. The van der Waals surface area contributed by atoms with Gasteiger partial charge in [0.1, 0.15) is 0 Å². The fraction of sp³-hybridized carbons (Fsp3) is 0.545. The molecule has 0 saturated heterocycles. The maximum atomic E-state index is 12.5. The van der Waals surface area contributed by atoms with Gasteiger partial charge in [0.15, 0.2) is 0 Å². The fourth-order valence-corrected chi connectivity index (χ4v) is 1.53. The Morgan fingerprint density at radius 1 is 1.29 bits per heavy atom. The van der Waals surface area contributed by atoms with E-state index in [1.807, 2.05) is 0 Å². The van der Waals surface area contributed by atoms with E-state index < -0.39 is 37.6 Å². The molecule has 0 aliphatic heterocycles. The van der Waals surface area contributed by atoms with E-state index in [1.165, 1.54) is 12.3 Å². The predicted octanol–water partition coefficient (Wildman–Crippen LogP) is 2.07. The van der Waals surface area contributed by atoms with Crippen molar-refractivity contribution in [3.8, 4) is 0 Å². The zero-order valence-electron chi connectivity index (χ0n) is 9.06. The number of halogens is 3. The third kappa shape index (κ3) is 4.32. The van der Waals surface area contributed by atoms with Gasteiger partial charge in [0, 0.05) is 12.8 Å². The van der Waals surface area contributed by atoms with Gasteiger partial charge in [-0.25, -0.2) is 0 Å². The van der Waals surface area contributed by atoms with E-state index in [0.717, 1.165) is 0 Å². The van der Waals surface area contributed by atoms with Crippen molar-refractivity contribution in [3.63, 3.8) is 0 Å². The SMILES string of the molecule is OCCC(CC(O)c1ccccn1)C(F)(F)F. The molecule has 0 saturated carbocycles. The number of aromatic nitrogens is 1. The van der Waals surface area contributed by atoms with Crippen LogP contribution in [0.2, 0.25) is 0 Å². The third-order valence-electron chi connectivity index (χ3n) is 2.48. The van der Waals surface area contributed by atoms with Gasteiger partial charge in [-0.3, -0.25) is 4.98 Å². The number of rotatable bonds is 5. The van der Waals surface area contributed by atoms with E-state index in [1.54, 1.807) is 12.1 Å². The number of alkyl halides is 3. The van der Waals surface area contributed by atoms with Crippen molar-refractivity contribution >= 4 is 0 Å². The molecule has 17 heavy (non-hydrogen) atoms. The lowest BCUT2D eigenvalue weighted by molar-refractivity contribution is -0.186. The van der Waals surface area contributed by atoms with E-state index in [0.29, 0.717) is 0 Å². The van der Waals surface area contributed by atoms with Crippen molar-refractivity contribution in [1.29, 1.82) is 0 Å². The quantitative estimate of drug-likeness (QED) is 0.839. The Morgan fingerprint density at radius 2 is 2.00 bits per heavy atom. The second kappa shape index (κ2) is 5.97. The molecule has 96 valence electrons. The molecule has 2 unspecified atom stereocenters. The molecular weight excluding hydrogens is 235 g/mol. The summed E-state index contributed by atoms with van der Waals surface area (Å²) in [5.41, 5.74) is 0.208. The normalized spacial score (nSPS) is 15.6. The maximum Gasteiger partial charge on any atom is 0.392 e. The minimum Gasteiger partial charge on any atom is -0.396 e. The Kier molecular flexibility index (Phi) is 4.89. The van der Waals surface area contributed by atoms with Crippen LogP contribution < -0.4 is 0 Å². The highest BCUT2D eigenvalue weighted by molar-refractivity contribution is 5.06. The lowest BCUT2D eigenvalue weighted by Gasteiger charge is -2.21. The summed E-state index contributed by atoms with van der Waals surface area (Å²) in [4.78, 5) is 3.79. The molecule has 6 heteroatoms. The molecule has 2 N–H and O–H groups in total. The largest absolute Gasteiger partial charge is 0.396 e. The van der Waals surface area contributed by atoms with Crippen LogP contribution in [0.15, 0.2) is 24.4 Å². The minimum atomic E-state index is -4.42. The summed E-state index contributed by atoms with van der Waals surface area (Å²) in [6.45, 7) is -0.556. The molecule has 0 aromatic carbocycles. The molecule has 3 nitrogen and oxygen atoms in total. The van der Waals surface area contributed by atoms with Gasteiger partial charge < -0.3 is 10.2 Å². The molecule has 2 atom stereocenters. The lowest BCUT2D eigenvalue weighted by atomic mass is 9.96. The first-order chi connectivity index (χ1) is 7.95. The lowest BCUT2D eigenvalue weighted by Crippen LogP contribution is -2.26. The van der Waals surface area contributed by atoms with Gasteiger partial charge in [0.05, 0.1) is 17.7 Å². The van der Waals surface area contributed by atoms with Gasteiger partial charge in [-0.15, -0.1) is 0 Å². The monoisotopic (exact) mass is 249 g/mol. The van der Waals surface area contributed by atoms with Crippen molar-refractivity contribution < 1.29 is 23.4 Å². The van der Waals surface area contributed by atoms with Crippen LogP contribution >= 0.6 is 0 Å². The van der Waals surface area contributed by atoms with Gasteiger partial charge in [0.25, 0.3) is 0 Å². The molecule has 1 aromatic rings. The first-order valence-corrected chi connectivity index (χ1v) is 5.21. The third-order valence-corrected chi connectivity index (χ3v) is 2.48. The molecule has 1 heterocycles. The summed E-state index contributed by atoms with van der Waals surface area (Å²) in [5, 5.41) is 18.2. The summed E-state index contributed by atoms with van der Waals surface area (Å²) >= 11 is 0. The predicted molar refractivity (Wildman–Crippen MR) is 55.1 cm³/mol. The average Bonchev–Trinajstić information content (AvgIpc) is 2.28. The van der Waals surface area contributed by atoms with E-state index in [2.05, 4.69) is 4.98 Å². The topological polar surface area (TPSA) is 53.4 Å². The number of aliphatic hydroxyl groups excluding tert-OH is 2. The molecule has 0 aliphatic carbocycles. The zero-order chi connectivity index (χ0) is 12.9. The average molecular weight is 249 g/mol. The fourth-order valence-electron chi connectivity index (χ4n) is 1.53. The van der Waals surface area contributed by atoms with Crippen molar-refractivity contribution in [2.24, 2.45) is 5.92 Å². The number of nitrogens with zero attached hydrogens (tertiary/aromatic N) is 1. The van der Waals surface area contributed by atoms with Gasteiger partial charge in [-0.05, 0) is 25.0 Å². The highest BCUT2D eigenvalue weighted by Gasteiger charge is 2.40. The highest BCUT2D eigenvalue weighted by Crippen LogP contribution is 2.35. The van der Waals surface area contributed by atoms with Crippen LogP contribution in [0.4, 0.5) is 13.2 Å². The van der Waals surface area contributed by atoms with Gasteiger partial charge >= 0.3 is 6.18 Å². The van der Waals surface area contributed by atoms with E-state index >= 15 is 0 Å². The number of pyridine rings is 1. The van der Waals surface area contributed by atoms with Crippen LogP contribution in [-0.2, 0) is 0 Å². The second-order valence-corrected chi connectivity index (χ2v) is 3.76. The van der Waals surface area contributed by atoms with Crippen molar-refractivity contribution in [3.05, 3.63) is 30.1 Å². The van der Waals surface area contributed by atoms with Gasteiger partial charge in [-0.2, -0.15) is 13.2 Å². The van der Waals surface area contributed by atoms with Gasteiger partial charge in [-0.1, -0.05) is 6.07 Å². The summed E-state index contributed by atoms with van der Waals surface area (Å²) in [6.07, 6.45) is -5.17. The van der Waals surface area contributed by atoms with Crippen molar-refractivity contribution in [2.75, 3.05) is 6.61 Å². The van der Waals surface area contributed by atoms with Crippen LogP contribution in [0.25, 0.3) is 0 Å². The summed E-state index contributed by atoms with van der Waals surface area (Å²) in [5.74, 6) is -1.72. The summed E-state index contributed by atoms with van der Waals surface area (Å²) < 4.78 is 37.6. The smallest absolute Gasteiger partial charge is 0.392 e. The van der Waals surface area contributed by atoms with Crippen LogP contribution in [0.3, 0.4) is 0 Å². The highest BCUT2D eigenvalue weighted by atomic mass is 19.4. The number of hydrogen-bond acceptors (Lipinski definition) is 3. The standard InChI is InChI=1S/C11H14F3NO2/c12-11(13,14)8(4-6-16)7-10(17)9-3-1-2-5-15-9/h1-3,5,8,10,16-17H,4,6-7H2. The van der Waals surface area contributed by atoms with Crippen LogP contribution in [0.1, 0.15) is 24.6 Å². The van der Waals surface area contributed by atoms with E-state index in [-0.39, 0.29) is 5.69 Å². The molecule has 0 fully saturated rings. The molecule has 0 amide bonds. The summed E-state index contributed by atoms with van der Waals surface area (Å²) in [7, 11) is 0. The van der Waals surface area contributed by atoms with Crippen molar-refractivity contribution in [2.45, 2.75) is 25.1 Å². The molecule has 1 aromatic heterocycles. The first-order valence-electron chi connectivity index (χ1n) is 5.21. The second-order valence-electron chi connectivity index (χ2n) is 3.76. The first kappa shape index (κ1) is 13.9. The minimum absolute atomic E-state index is 0.208. The molecular formula is C11H14F3NO2.